The van der Waals surface area contributed by atoms with Crippen LogP contribution in [0.1, 0.15) is 11.6 Å². The summed E-state index contributed by atoms with van der Waals surface area (Å²) in [7, 11) is 0. The third kappa shape index (κ3) is 2.00. The molecule has 0 aromatic carbocycles. The lowest BCUT2D eigenvalue weighted by atomic mass is 10.1. The molecule has 2 aliphatic heterocycles. The van der Waals surface area contributed by atoms with Gasteiger partial charge in [0.25, 0.3) is 0 Å². The maximum absolute atomic E-state index is 11.6. The number of thiophene rings is 1. The van der Waals surface area contributed by atoms with Gasteiger partial charge in [-0.25, -0.2) is 4.79 Å². The predicted octanol–water partition coefficient (Wildman–Crippen LogP) is 0.457. The van der Waals surface area contributed by atoms with Crippen LogP contribution in [-0.2, 0) is 0 Å². The number of fused-ring (bicyclic) bond motifs is 1. The summed E-state index contributed by atoms with van der Waals surface area (Å²) in [6, 6.07) is 2.82. The molecule has 0 radical (unpaired) electrons. The molecule has 2 atom stereocenters. The fraction of sp³-hybridized carbons (Fsp3) is 0.583. The summed E-state index contributed by atoms with van der Waals surface area (Å²) in [6.45, 7) is 4.01. The molecule has 0 saturated carbocycles. The molecule has 0 bridgehead atoms. The molecule has 2 amide bonds. The van der Waals surface area contributed by atoms with Crippen LogP contribution in [-0.4, -0.2) is 54.6 Å². The number of piperazine rings is 1. The van der Waals surface area contributed by atoms with Crippen LogP contribution < -0.4 is 11.1 Å². The Morgan fingerprint density at radius 3 is 3.17 bits per heavy atom. The number of urea groups is 1. The second-order valence-electron chi connectivity index (χ2n) is 4.84. The van der Waals surface area contributed by atoms with Gasteiger partial charge < -0.3 is 16.0 Å². The second-order valence-corrected chi connectivity index (χ2v) is 5.62. The monoisotopic (exact) mass is 266 g/mol. The van der Waals surface area contributed by atoms with Crippen molar-refractivity contribution in [2.75, 3.05) is 32.7 Å². The molecular formula is C12H18N4OS. The predicted molar refractivity (Wildman–Crippen MR) is 71.6 cm³/mol. The SMILES string of the molecule is NCC(c1ccsc1)N1CCN2C(=O)NCC2C1. The number of nitrogens with two attached hydrogens (primary N) is 1. The summed E-state index contributed by atoms with van der Waals surface area (Å²) in [6.07, 6.45) is 0. The lowest BCUT2D eigenvalue weighted by Gasteiger charge is -2.40. The number of hydrogen-bond donors (Lipinski definition) is 2. The maximum Gasteiger partial charge on any atom is 0.317 e. The number of carbonyl (C=O) groups is 1. The van der Waals surface area contributed by atoms with E-state index in [2.05, 4.69) is 27.0 Å². The van der Waals surface area contributed by atoms with Gasteiger partial charge in [-0.1, -0.05) is 0 Å². The van der Waals surface area contributed by atoms with Crippen LogP contribution >= 0.6 is 11.3 Å². The fourth-order valence-electron chi connectivity index (χ4n) is 2.87. The first-order valence-electron chi connectivity index (χ1n) is 6.30. The summed E-state index contributed by atoms with van der Waals surface area (Å²) in [5.41, 5.74) is 7.23. The average Bonchev–Trinajstić information content (AvgIpc) is 3.01. The number of hydrogen-bond acceptors (Lipinski definition) is 4. The average molecular weight is 266 g/mol. The zero-order chi connectivity index (χ0) is 12.5. The highest BCUT2D eigenvalue weighted by Gasteiger charge is 2.37. The van der Waals surface area contributed by atoms with Crippen molar-refractivity contribution in [1.82, 2.24) is 15.1 Å². The molecule has 1 aromatic rings. The zero-order valence-electron chi connectivity index (χ0n) is 10.2. The first-order valence-corrected chi connectivity index (χ1v) is 7.24. The molecule has 18 heavy (non-hydrogen) atoms. The third-order valence-corrected chi connectivity index (χ3v) is 4.56. The van der Waals surface area contributed by atoms with Gasteiger partial charge in [0.05, 0.1) is 6.04 Å². The van der Waals surface area contributed by atoms with E-state index in [0.717, 1.165) is 26.2 Å². The van der Waals surface area contributed by atoms with E-state index in [0.29, 0.717) is 12.6 Å². The maximum atomic E-state index is 11.6. The van der Waals surface area contributed by atoms with Gasteiger partial charge in [-0.05, 0) is 22.4 Å². The van der Waals surface area contributed by atoms with Crippen LogP contribution in [0.25, 0.3) is 0 Å². The van der Waals surface area contributed by atoms with E-state index in [1.165, 1.54) is 5.56 Å². The largest absolute Gasteiger partial charge is 0.336 e. The molecule has 0 spiro atoms. The Balaban J connectivity index is 1.72. The van der Waals surface area contributed by atoms with E-state index in [4.69, 9.17) is 5.73 Å². The number of amides is 2. The Morgan fingerprint density at radius 2 is 2.44 bits per heavy atom. The van der Waals surface area contributed by atoms with Crippen molar-refractivity contribution in [3.05, 3.63) is 22.4 Å². The van der Waals surface area contributed by atoms with Crippen LogP contribution in [0.5, 0.6) is 0 Å². The molecule has 1 aromatic heterocycles. The molecule has 2 fully saturated rings. The molecule has 2 aliphatic rings. The van der Waals surface area contributed by atoms with Gasteiger partial charge in [-0.3, -0.25) is 4.90 Å². The highest BCUT2D eigenvalue weighted by Crippen LogP contribution is 2.25. The van der Waals surface area contributed by atoms with Crippen LogP contribution in [0.4, 0.5) is 4.79 Å². The van der Waals surface area contributed by atoms with Crippen molar-refractivity contribution in [1.29, 1.82) is 0 Å². The van der Waals surface area contributed by atoms with Crippen LogP contribution in [0.2, 0.25) is 0 Å². The molecule has 3 N–H and O–H groups in total. The quantitative estimate of drug-likeness (QED) is 0.835. The van der Waals surface area contributed by atoms with Gasteiger partial charge >= 0.3 is 6.03 Å². The van der Waals surface area contributed by atoms with Crippen LogP contribution in [0.15, 0.2) is 16.8 Å². The molecule has 2 unspecified atom stereocenters. The zero-order valence-corrected chi connectivity index (χ0v) is 11.0. The standard InChI is InChI=1S/C12H18N4OS/c13-5-11(9-1-4-18-8-9)15-2-3-16-10(7-15)6-14-12(16)17/h1,4,8,10-11H,2-3,5-7,13H2,(H,14,17). The molecule has 98 valence electrons. The molecule has 6 heteroatoms. The number of nitrogens with zero attached hydrogens (tertiary/aromatic N) is 2. The van der Waals surface area contributed by atoms with E-state index in [9.17, 15) is 4.79 Å². The molecule has 5 nitrogen and oxygen atoms in total. The normalized spacial score (nSPS) is 25.9. The Morgan fingerprint density at radius 1 is 1.56 bits per heavy atom. The summed E-state index contributed by atoms with van der Waals surface area (Å²) < 4.78 is 0. The second kappa shape index (κ2) is 4.87. The third-order valence-electron chi connectivity index (χ3n) is 3.86. The summed E-state index contributed by atoms with van der Waals surface area (Å²) in [5.74, 6) is 0. The summed E-state index contributed by atoms with van der Waals surface area (Å²) in [4.78, 5) is 15.9. The smallest absolute Gasteiger partial charge is 0.317 e. The van der Waals surface area contributed by atoms with Gasteiger partial charge in [0, 0.05) is 38.8 Å². The molecule has 3 heterocycles. The van der Waals surface area contributed by atoms with Crippen molar-refractivity contribution in [3.63, 3.8) is 0 Å². The lowest BCUT2D eigenvalue weighted by Crippen LogP contribution is -2.53. The number of rotatable bonds is 3. The highest BCUT2D eigenvalue weighted by atomic mass is 32.1. The number of carbonyl (C=O) groups excluding carboxylic acids is 1. The van der Waals surface area contributed by atoms with E-state index in [1.807, 2.05) is 4.90 Å². The van der Waals surface area contributed by atoms with Gasteiger partial charge in [-0.15, -0.1) is 0 Å². The molecule has 2 saturated heterocycles. The minimum absolute atomic E-state index is 0.0829. The van der Waals surface area contributed by atoms with Crippen molar-refractivity contribution in [2.24, 2.45) is 5.73 Å². The van der Waals surface area contributed by atoms with Crippen LogP contribution in [0.3, 0.4) is 0 Å². The topological polar surface area (TPSA) is 61.6 Å². The van der Waals surface area contributed by atoms with E-state index < -0.39 is 0 Å². The van der Waals surface area contributed by atoms with Gasteiger partial charge in [-0.2, -0.15) is 11.3 Å². The van der Waals surface area contributed by atoms with Crippen molar-refractivity contribution in [2.45, 2.75) is 12.1 Å². The van der Waals surface area contributed by atoms with Gasteiger partial charge in [0.15, 0.2) is 0 Å². The van der Waals surface area contributed by atoms with Gasteiger partial charge in [0.1, 0.15) is 0 Å². The van der Waals surface area contributed by atoms with E-state index in [1.54, 1.807) is 11.3 Å². The van der Waals surface area contributed by atoms with Crippen LogP contribution in [0, 0.1) is 0 Å². The summed E-state index contributed by atoms with van der Waals surface area (Å²) >= 11 is 1.71. The lowest BCUT2D eigenvalue weighted by molar-refractivity contribution is 0.0905. The first-order chi connectivity index (χ1) is 8.79. The van der Waals surface area contributed by atoms with Crippen molar-refractivity contribution < 1.29 is 4.79 Å². The summed E-state index contributed by atoms with van der Waals surface area (Å²) in [5, 5.41) is 7.17. The Hall–Kier alpha value is -1.11. The van der Waals surface area contributed by atoms with Gasteiger partial charge in [0.2, 0.25) is 0 Å². The van der Waals surface area contributed by atoms with Crippen molar-refractivity contribution >= 4 is 17.4 Å². The Labute approximate surface area is 111 Å². The molecule has 0 aliphatic carbocycles. The fourth-order valence-corrected chi connectivity index (χ4v) is 3.58. The molecule has 3 rings (SSSR count). The Kier molecular flexibility index (Phi) is 3.23. The minimum Gasteiger partial charge on any atom is -0.336 e. The molecular weight excluding hydrogens is 248 g/mol. The van der Waals surface area contributed by atoms with E-state index >= 15 is 0 Å². The minimum atomic E-state index is 0.0829. The highest BCUT2D eigenvalue weighted by molar-refractivity contribution is 7.07. The first kappa shape index (κ1) is 12.0. The van der Waals surface area contributed by atoms with E-state index in [-0.39, 0.29) is 12.1 Å². The van der Waals surface area contributed by atoms with Crippen molar-refractivity contribution in [3.8, 4) is 0 Å². The number of nitrogens with one attached hydrogen (secondary N) is 1. The Bertz CT molecular complexity index is 422.